The third kappa shape index (κ3) is 1.93. The molecule has 0 atom stereocenters. The Balaban J connectivity index is 3.58. The van der Waals surface area contributed by atoms with Crippen LogP contribution in [0.1, 0.15) is 43.6 Å². The number of rotatable bonds is 4. The van der Waals surface area contributed by atoms with Crippen molar-refractivity contribution in [2.45, 2.75) is 13.3 Å². The lowest BCUT2D eigenvalue weighted by molar-refractivity contribution is 0.0693. The van der Waals surface area contributed by atoms with Crippen molar-refractivity contribution in [2.24, 2.45) is 0 Å². The van der Waals surface area contributed by atoms with Crippen molar-refractivity contribution in [3.8, 4) is 0 Å². The van der Waals surface area contributed by atoms with E-state index < -0.39 is 5.97 Å². The van der Waals surface area contributed by atoms with Gasteiger partial charge in [0.2, 0.25) is 0 Å². The minimum Gasteiger partial charge on any atom is -0.478 e. The minimum atomic E-state index is -1.18. The van der Waals surface area contributed by atoms with E-state index in [0.29, 0.717) is 30.1 Å². The highest BCUT2D eigenvalue weighted by molar-refractivity contribution is 6.00. The van der Waals surface area contributed by atoms with E-state index in [-0.39, 0.29) is 11.1 Å². The molecule has 0 saturated carbocycles. The van der Waals surface area contributed by atoms with Gasteiger partial charge in [0.25, 0.3) is 0 Å². The molecule has 1 aromatic carbocycles. The number of benzene rings is 1. The van der Waals surface area contributed by atoms with Crippen LogP contribution in [0.2, 0.25) is 0 Å². The molecule has 0 aliphatic carbocycles. The number of carboxylic acids is 1. The summed E-state index contributed by atoms with van der Waals surface area (Å²) in [4.78, 5) is 32.3. The molecule has 15 heavy (non-hydrogen) atoms. The first-order valence-corrected chi connectivity index (χ1v) is 4.45. The van der Waals surface area contributed by atoms with Crippen LogP contribution in [0, 0.1) is 0 Å². The monoisotopic (exact) mass is 206 g/mol. The second kappa shape index (κ2) is 4.50. The van der Waals surface area contributed by atoms with Crippen molar-refractivity contribution < 1.29 is 19.5 Å². The highest BCUT2D eigenvalue weighted by Gasteiger charge is 2.17. The lowest BCUT2D eigenvalue weighted by Gasteiger charge is -2.08. The van der Waals surface area contributed by atoms with E-state index in [2.05, 4.69) is 0 Å². The fraction of sp³-hybridized carbons (Fsp3) is 0.182. The van der Waals surface area contributed by atoms with Crippen molar-refractivity contribution in [3.63, 3.8) is 0 Å². The average Bonchev–Trinajstić information content (AvgIpc) is 2.26. The van der Waals surface area contributed by atoms with Crippen LogP contribution in [0.25, 0.3) is 0 Å². The topological polar surface area (TPSA) is 71.4 Å². The van der Waals surface area contributed by atoms with E-state index in [0.717, 1.165) is 0 Å². The zero-order valence-corrected chi connectivity index (χ0v) is 8.19. The first kappa shape index (κ1) is 11.1. The van der Waals surface area contributed by atoms with Crippen LogP contribution in [0.15, 0.2) is 12.1 Å². The summed E-state index contributed by atoms with van der Waals surface area (Å²) in [5, 5.41) is 8.95. The van der Waals surface area contributed by atoms with Gasteiger partial charge in [0.15, 0.2) is 6.29 Å². The molecular weight excluding hydrogens is 196 g/mol. The van der Waals surface area contributed by atoms with Crippen molar-refractivity contribution in [1.82, 2.24) is 0 Å². The van der Waals surface area contributed by atoms with Crippen molar-refractivity contribution in [3.05, 3.63) is 34.4 Å². The zero-order chi connectivity index (χ0) is 11.4. The van der Waals surface area contributed by atoms with Crippen LogP contribution in [-0.4, -0.2) is 23.6 Å². The second-order valence-electron chi connectivity index (χ2n) is 2.99. The highest BCUT2D eigenvalue weighted by Crippen LogP contribution is 2.18. The van der Waals surface area contributed by atoms with Crippen LogP contribution < -0.4 is 0 Å². The Labute approximate surface area is 86.5 Å². The molecule has 0 spiro atoms. The van der Waals surface area contributed by atoms with E-state index >= 15 is 0 Å². The molecule has 0 saturated heterocycles. The Morgan fingerprint density at radius 2 is 1.80 bits per heavy atom. The maximum atomic E-state index is 11.0. The SMILES string of the molecule is CCc1c(C=O)ccc(C=O)c1C(=O)O. The van der Waals surface area contributed by atoms with Crippen molar-refractivity contribution in [1.29, 1.82) is 0 Å². The first-order chi connectivity index (χ1) is 7.15. The molecule has 0 aromatic heterocycles. The summed E-state index contributed by atoms with van der Waals surface area (Å²) in [6.07, 6.45) is 1.48. The van der Waals surface area contributed by atoms with Gasteiger partial charge in [-0.2, -0.15) is 0 Å². The number of carbonyl (C=O) groups is 3. The van der Waals surface area contributed by atoms with Crippen LogP contribution in [0.5, 0.6) is 0 Å². The Morgan fingerprint density at radius 1 is 1.27 bits per heavy atom. The number of hydrogen-bond donors (Lipinski definition) is 1. The standard InChI is InChI=1S/C11H10O4/c1-2-9-7(5-12)3-4-8(6-13)10(9)11(14)15/h3-6H,2H2,1H3,(H,14,15). The predicted molar refractivity (Wildman–Crippen MR) is 53.6 cm³/mol. The quantitative estimate of drug-likeness (QED) is 0.759. The number of aldehydes is 2. The molecule has 0 aliphatic heterocycles. The molecule has 1 N–H and O–H groups in total. The van der Waals surface area contributed by atoms with Gasteiger partial charge >= 0.3 is 5.97 Å². The predicted octanol–water partition coefficient (Wildman–Crippen LogP) is 1.57. The number of carboxylic acid groups (broad SMARTS) is 1. The first-order valence-electron chi connectivity index (χ1n) is 4.45. The van der Waals surface area contributed by atoms with Gasteiger partial charge in [-0.3, -0.25) is 9.59 Å². The van der Waals surface area contributed by atoms with Crippen LogP contribution in [-0.2, 0) is 6.42 Å². The molecule has 0 unspecified atom stereocenters. The maximum Gasteiger partial charge on any atom is 0.336 e. The molecule has 0 heterocycles. The number of carbonyl (C=O) groups excluding carboxylic acids is 2. The Morgan fingerprint density at radius 3 is 2.20 bits per heavy atom. The molecule has 1 aromatic rings. The van der Waals surface area contributed by atoms with E-state index in [4.69, 9.17) is 5.11 Å². The fourth-order valence-electron chi connectivity index (χ4n) is 1.52. The fourth-order valence-corrected chi connectivity index (χ4v) is 1.52. The van der Waals surface area contributed by atoms with E-state index in [1.165, 1.54) is 12.1 Å². The molecule has 0 bridgehead atoms. The molecule has 1 rings (SSSR count). The van der Waals surface area contributed by atoms with Gasteiger partial charge in [-0.05, 0) is 12.0 Å². The molecule has 0 amide bonds. The molecule has 4 nitrogen and oxygen atoms in total. The molecule has 0 fully saturated rings. The smallest absolute Gasteiger partial charge is 0.336 e. The Hall–Kier alpha value is -1.97. The maximum absolute atomic E-state index is 11.0. The summed E-state index contributed by atoms with van der Waals surface area (Å²) >= 11 is 0. The van der Waals surface area contributed by atoms with Crippen molar-refractivity contribution >= 4 is 18.5 Å². The zero-order valence-electron chi connectivity index (χ0n) is 8.19. The summed E-state index contributed by atoms with van der Waals surface area (Å²) in [6.45, 7) is 1.74. The van der Waals surface area contributed by atoms with Gasteiger partial charge in [0.1, 0.15) is 6.29 Å². The van der Waals surface area contributed by atoms with Gasteiger partial charge < -0.3 is 5.11 Å². The van der Waals surface area contributed by atoms with Crippen LogP contribution >= 0.6 is 0 Å². The minimum absolute atomic E-state index is 0.0721. The van der Waals surface area contributed by atoms with Gasteiger partial charge in [-0.15, -0.1) is 0 Å². The van der Waals surface area contributed by atoms with Gasteiger partial charge in [0.05, 0.1) is 5.56 Å². The van der Waals surface area contributed by atoms with E-state index in [1.807, 2.05) is 0 Å². The summed E-state index contributed by atoms with van der Waals surface area (Å²) in [7, 11) is 0. The van der Waals surface area contributed by atoms with E-state index in [1.54, 1.807) is 6.92 Å². The molecule has 4 heteroatoms. The Bertz CT molecular complexity index is 421. The normalized spacial score (nSPS) is 9.67. The lowest BCUT2D eigenvalue weighted by Crippen LogP contribution is -2.09. The van der Waals surface area contributed by atoms with Gasteiger partial charge in [-0.25, -0.2) is 4.79 Å². The van der Waals surface area contributed by atoms with Crippen LogP contribution in [0.4, 0.5) is 0 Å². The second-order valence-corrected chi connectivity index (χ2v) is 2.99. The molecule has 0 aliphatic rings. The van der Waals surface area contributed by atoms with Crippen molar-refractivity contribution in [2.75, 3.05) is 0 Å². The number of aromatic carboxylic acids is 1. The summed E-state index contributed by atoms with van der Waals surface area (Å²) in [5.41, 5.74) is 0.754. The molecule has 78 valence electrons. The largest absolute Gasteiger partial charge is 0.478 e. The molecule has 0 radical (unpaired) electrons. The summed E-state index contributed by atoms with van der Waals surface area (Å²) in [5.74, 6) is -1.18. The Kier molecular flexibility index (Phi) is 3.33. The number of hydrogen-bond acceptors (Lipinski definition) is 3. The molecular formula is C11H10O4. The van der Waals surface area contributed by atoms with Gasteiger partial charge in [-0.1, -0.05) is 19.1 Å². The average molecular weight is 206 g/mol. The summed E-state index contributed by atoms with van der Waals surface area (Å²) in [6, 6.07) is 2.81. The van der Waals surface area contributed by atoms with E-state index in [9.17, 15) is 14.4 Å². The van der Waals surface area contributed by atoms with Crippen LogP contribution in [0.3, 0.4) is 0 Å². The van der Waals surface area contributed by atoms with Gasteiger partial charge in [0, 0.05) is 11.1 Å². The highest BCUT2D eigenvalue weighted by atomic mass is 16.4. The third-order valence-electron chi connectivity index (χ3n) is 2.20. The summed E-state index contributed by atoms with van der Waals surface area (Å²) < 4.78 is 0. The third-order valence-corrected chi connectivity index (χ3v) is 2.20. The lowest BCUT2D eigenvalue weighted by atomic mass is 9.95.